The van der Waals surface area contributed by atoms with Gasteiger partial charge in [-0.3, -0.25) is 9.59 Å². The summed E-state index contributed by atoms with van der Waals surface area (Å²) in [7, 11) is 3.97. The molecule has 1 aromatic rings. The summed E-state index contributed by atoms with van der Waals surface area (Å²) in [6.07, 6.45) is 2.36. The lowest BCUT2D eigenvalue weighted by Gasteiger charge is -2.37. The second-order valence-electron chi connectivity index (χ2n) is 10.8. The Morgan fingerprint density at radius 1 is 1.24 bits per heavy atom. The molecule has 37 heavy (non-hydrogen) atoms. The van der Waals surface area contributed by atoms with Crippen LogP contribution in [0.3, 0.4) is 0 Å². The molecule has 10 heteroatoms. The third-order valence-corrected chi connectivity index (χ3v) is 7.48. The van der Waals surface area contributed by atoms with Crippen LogP contribution in [0.2, 0.25) is 0 Å². The molecule has 0 spiro atoms. The number of hydrazine groups is 1. The smallest absolute Gasteiger partial charge is 0.318 e. The van der Waals surface area contributed by atoms with Crippen LogP contribution in [0.4, 0.5) is 4.79 Å². The standard InChI is InChI=1S/C27H39N7O3/c1-6-22(35)33-14-10-13-19(15-33)25(36)29-24-20-16-34(27(2,3)23(20)30-31-24)26(37)28-21(17-32(4)5)18-11-8-7-9-12-18/h6-9,11-12,19,21,24,30-31H,1,10,13-17H2,2-5H3,(H,28,37)(H,29,36)/t19-,21-,24?/m1/s1. The summed E-state index contributed by atoms with van der Waals surface area (Å²) < 4.78 is 0. The Bertz CT molecular complexity index is 1070. The van der Waals surface area contributed by atoms with Crippen molar-refractivity contribution < 1.29 is 14.4 Å². The van der Waals surface area contributed by atoms with Crippen LogP contribution >= 0.6 is 0 Å². The number of hydrogen-bond acceptors (Lipinski definition) is 6. The van der Waals surface area contributed by atoms with Crippen LogP contribution in [0.1, 0.15) is 38.3 Å². The third-order valence-electron chi connectivity index (χ3n) is 7.48. The summed E-state index contributed by atoms with van der Waals surface area (Å²) in [5, 5.41) is 6.31. The number of nitrogens with one attached hydrogen (secondary N) is 4. The number of nitrogens with zero attached hydrogens (tertiary/aromatic N) is 3. The highest BCUT2D eigenvalue weighted by Gasteiger charge is 2.48. The SMILES string of the molecule is C=CC(=O)N1CCC[C@@H](C(=O)NC2NNC3=C2CN(C(=O)N[C@H](CN(C)C)c2ccccc2)C3(C)C)C1. The van der Waals surface area contributed by atoms with Gasteiger partial charge in [-0.1, -0.05) is 36.9 Å². The van der Waals surface area contributed by atoms with Gasteiger partial charge in [-0.2, -0.15) is 0 Å². The molecule has 10 nitrogen and oxygen atoms in total. The molecular weight excluding hydrogens is 470 g/mol. The molecule has 3 atom stereocenters. The van der Waals surface area contributed by atoms with Gasteiger partial charge in [0.2, 0.25) is 11.8 Å². The van der Waals surface area contributed by atoms with Gasteiger partial charge in [-0.05, 0) is 52.4 Å². The maximum Gasteiger partial charge on any atom is 0.318 e. The predicted octanol–water partition coefficient (Wildman–Crippen LogP) is 1.32. The van der Waals surface area contributed by atoms with Gasteiger partial charge in [0.05, 0.1) is 23.2 Å². The topological polar surface area (TPSA) is 109 Å². The highest BCUT2D eigenvalue weighted by molar-refractivity contribution is 5.88. The number of likely N-dealkylation sites (N-methyl/N-ethyl adjacent to an activating group) is 1. The third kappa shape index (κ3) is 5.65. The minimum absolute atomic E-state index is 0.106. The molecule has 1 saturated heterocycles. The molecule has 0 radical (unpaired) electrons. The van der Waals surface area contributed by atoms with E-state index < -0.39 is 11.7 Å². The molecule has 0 bridgehead atoms. The van der Waals surface area contributed by atoms with Crippen molar-refractivity contribution in [3.8, 4) is 0 Å². The van der Waals surface area contributed by atoms with Crippen LogP contribution < -0.4 is 21.5 Å². The molecule has 4 amide bonds. The fraction of sp³-hybridized carbons (Fsp3) is 0.519. The lowest BCUT2D eigenvalue weighted by atomic mass is 9.96. The van der Waals surface area contributed by atoms with E-state index in [2.05, 4.69) is 33.0 Å². The Kier molecular flexibility index (Phi) is 7.89. The molecule has 3 aliphatic rings. The molecule has 0 aromatic heterocycles. The van der Waals surface area contributed by atoms with Crippen LogP contribution in [0, 0.1) is 5.92 Å². The summed E-state index contributed by atoms with van der Waals surface area (Å²) in [5.41, 5.74) is 8.66. The number of piperidine rings is 1. The number of benzene rings is 1. The Labute approximate surface area is 219 Å². The molecular formula is C27H39N7O3. The first-order valence-corrected chi connectivity index (χ1v) is 12.9. The number of hydrogen-bond donors (Lipinski definition) is 4. The van der Waals surface area contributed by atoms with Crippen molar-refractivity contribution >= 4 is 17.8 Å². The van der Waals surface area contributed by atoms with Crippen molar-refractivity contribution in [1.82, 2.24) is 36.2 Å². The van der Waals surface area contributed by atoms with Crippen molar-refractivity contribution in [2.24, 2.45) is 5.92 Å². The molecule has 3 heterocycles. The normalized spacial score (nSPS) is 23.4. The van der Waals surface area contributed by atoms with Crippen molar-refractivity contribution in [3.63, 3.8) is 0 Å². The van der Waals surface area contributed by atoms with E-state index in [0.29, 0.717) is 26.2 Å². The zero-order valence-corrected chi connectivity index (χ0v) is 22.2. The first kappa shape index (κ1) is 26.7. The van der Waals surface area contributed by atoms with E-state index in [1.807, 2.05) is 58.3 Å². The summed E-state index contributed by atoms with van der Waals surface area (Å²) >= 11 is 0. The van der Waals surface area contributed by atoms with Gasteiger partial charge in [-0.25, -0.2) is 10.2 Å². The second-order valence-corrected chi connectivity index (χ2v) is 10.8. The molecule has 4 rings (SSSR count). The van der Waals surface area contributed by atoms with Gasteiger partial charge in [0.15, 0.2) is 0 Å². The number of rotatable bonds is 7. The van der Waals surface area contributed by atoms with Gasteiger partial charge < -0.3 is 30.8 Å². The van der Waals surface area contributed by atoms with Crippen LogP contribution in [0.15, 0.2) is 54.3 Å². The average Bonchev–Trinajstić information content (AvgIpc) is 3.41. The maximum atomic E-state index is 13.6. The minimum atomic E-state index is -0.594. The van der Waals surface area contributed by atoms with Crippen molar-refractivity contribution in [2.75, 3.05) is 40.3 Å². The zero-order valence-electron chi connectivity index (χ0n) is 22.2. The second kappa shape index (κ2) is 10.9. The minimum Gasteiger partial charge on any atom is -0.338 e. The summed E-state index contributed by atoms with van der Waals surface area (Å²) in [4.78, 5) is 44.2. The Hall–Kier alpha value is -3.37. The number of urea groups is 1. The highest BCUT2D eigenvalue weighted by Crippen LogP contribution is 2.36. The number of likely N-dealkylation sites (tertiary alicyclic amines) is 1. The summed E-state index contributed by atoms with van der Waals surface area (Å²) in [5.74, 6) is -0.536. The average molecular weight is 510 g/mol. The molecule has 3 aliphatic heterocycles. The van der Waals surface area contributed by atoms with Crippen molar-refractivity contribution in [3.05, 3.63) is 59.8 Å². The van der Waals surface area contributed by atoms with Crippen LogP contribution in [0.25, 0.3) is 0 Å². The molecule has 200 valence electrons. The van der Waals surface area contributed by atoms with E-state index in [1.165, 1.54) is 6.08 Å². The highest BCUT2D eigenvalue weighted by atomic mass is 16.2. The van der Waals surface area contributed by atoms with Gasteiger partial charge in [0, 0.05) is 31.8 Å². The largest absolute Gasteiger partial charge is 0.338 e. The fourth-order valence-electron chi connectivity index (χ4n) is 5.42. The summed E-state index contributed by atoms with van der Waals surface area (Å²) in [6.45, 7) is 9.63. The molecule has 0 saturated carbocycles. The van der Waals surface area contributed by atoms with E-state index in [1.54, 1.807) is 9.80 Å². The van der Waals surface area contributed by atoms with Gasteiger partial charge in [0.1, 0.15) is 6.17 Å². The molecule has 1 unspecified atom stereocenters. The Morgan fingerprint density at radius 3 is 2.65 bits per heavy atom. The van der Waals surface area contributed by atoms with E-state index >= 15 is 0 Å². The van der Waals surface area contributed by atoms with E-state index in [9.17, 15) is 14.4 Å². The van der Waals surface area contributed by atoms with Crippen LogP contribution in [0.5, 0.6) is 0 Å². The molecule has 1 fully saturated rings. The molecule has 4 N–H and O–H groups in total. The predicted molar refractivity (Wildman–Crippen MR) is 142 cm³/mol. The fourth-order valence-corrected chi connectivity index (χ4v) is 5.42. The Morgan fingerprint density at radius 2 is 1.97 bits per heavy atom. The van der Waals surface area contributed by atoms with E-state index in [4.69, 9.17) is 0 Å². The van der Waals surface area contributed by atoms with Gasteiger partial charge >= 0.3 is 6.03 Å². The lowest BCUT2D eigenvalue weighted by Crippen LogP contribution is -2.57. The van der Waals surface area contributed by atoms with Crippen molar-refractivity contribution in [2.45, 2.75) is 44.4 Å². The van der Waals surface area contributed by atoms with E-state index in [0.717, 1.165) is 29.7 Å². The number of carbonyl (C=O) groups excluding carboxylic acids is 3. The zero-order chi connectivity index (χ0) is 26.7. The number of carbonyl (C=O) groups is 3. The quantitative estimate of drug-likeness (QED) is 0.413. The molecule has 0 aliphatic carbocycles. The Balaban J connectivity index is 1.42. The summed E-state index contributed by atoms with van der Waals surface area (Å²) in [6, 6.07) is 9.63. The number of amides is 4. The van der Waals surface area contributed by atoms with Gasteiger partial charge in [0.25, 0.3) is 0 Å². The lowest BCUT2D eigenvalue weighted by molar-refractivity contribution is -0.132. The first-order valence-electron chi connectivity index (χ1n) is 12.9. The van der Waals surface area contributed by atoms with Crippen LogP contribution in [-0.2, 0) is 9.59 Å². The maximum absolute atomic E-state index is 13.6. The van der Waals surface area contributed by atoms with Gasteiger partial charge in [-0.15, -0.1) is 0 Å². The van der Waals surface area contributed by atoms with E-state index in [-0.39, 0.29) is 29.8 Å². The monoisotopic (exact) mass is 509 g/mol. The van der Waals surface area contributed by atoms with Crippen molar-refractivity contribution in [1.29, 1.82) is 0 Å². The first-order chi connectivity index (χ1) is 17.6. The van der Waals surface area contributed by atoms with Crippen LogP contribution in [-0.4, -0.2) is 84.5 Å². The molecule has 1 aromatic carbocycles.